The van der Waals surface area contributed by atoms with Gasteiger partial charge in [0.15, 0.2) is 0 Å². The molecule has 0 heterocycles. The average Bonchev–Trinajstić information content (AvgIpc) is 3.15. The third-order valence-electron chi connectivity index (χ3n) is 3.54. The molecule has 0 saturated heterocycles. The Labute approximate surface area is 112 Å². The zero-order valence-corrected chi connectivity index (χ0v) is 11.0. The lowest BCUT2D eigenvalue weighted by Crippen LogP contribution is -2.50. The van der Waals surface area contributed by atoms with Crippen LogP contribution in [0.1, 0.15) is 25.3 Å². The third kappa shape index (κ3) is 3.12. The number of nitrogens with one attached hydrogen (secondary N) is 1. The summed E-state index contributed by atoms with van der Waals surface area (Å²) in [6, 6.07) is 7.12. The van der Waals surface area contributed by atoms with Gasteiger partial charge in [-0.05, 0) is 37.3 Å². The van der Waals surface area contributed by atoms with Gasteiger partial charge in [0.1, 0.15) is 0 Å². The highest BCUT2D eigenvalue weighted by molar-refractivity contribution is 5.99. The molecule has 1 aliphatic carbocycles. The number of benzene rings is 1. The molecule has 1 aliphatic rings. The number of para-hydroxylation sites is 1. The predicted octanol–water partition coefficient (Wildman–Crippen LogP) is 0.780. The van der Waals surface area contributed by atoms with Gasteiger partial charge in [0.05, 0.1) is 12.0 Å². The molecule has 0 spiro atoms. The lowest BCUT2D eigenvalue weighted by Gasteiger charge is -2.23. The lowest BCUT2D eigenvalue weighted by molar-refractivity contribution is -0.121. The predicted molar refractivity (Wildman–Crippen MR) is 73.3 cm³/mol. The largest absolute Gasteiger partial charge is 0.369 e. The standard InChI is InChI=1S/C14H19N3O2/c1-14(16,10-6-7-10)13(19)17-11-5-3-2-4-9(11)8-12(15)18/h2-5,10H,6-8,16H2,1H3,(H2,15,18)(H,17,19). The molecule has 5 heteroatoms. The van der Waals surface area contributed by atoms with E-state index < -0.39 is 11.4 Å². The fourth-order valence-electron chi connectivity index (χ4n) is 2.11. The summed E-state index contributed by atoms with van der Waals surface area (Å²) in [5.41, 5.74) is 11.7. The second-order valence-corrected chi connectivity index (χ2v) is 5.31. The molecule has 5 nitrogen and oxygen atoms in total. The first-order valence-electron chi connectivity index (χ1n) is 6.38. The summed E-state index contributed by atoms with van der Waals surface area (Å²) in [6.07, 6.45) is 2.08. The van der Waals surface area contributed by atoms with Crippen molar-refractivity contribution >= 4 is 17.5 Å². The Morgan fingerprint density at radius 1 is 1.37 bits per heavy atom. The Morgan fingerprint density at radius 3 is 2.58 bits per heavy atom. The van der Waals surface area contributed by atoms with Crippen LogP contribution < -0.4 is 16.8 Å². The molecule has 102 valence electrons. The molecule has 0 aliphatic heterocycles. The summed E-state index contributed by atoms with van der Waals surface area (Å²) < 4.78 is 0. The van der Waals surface area contributed by atoms with Gasteiger partial charge in [-0.2, -0.15) is 0 Å². The molecule has 2 rings (SSSR count). The van der Waals surface area contributed by atoms with Crippen molar-refractivity contribution < 1.29 is 9.59 Å². The highest BCUT2D eigenvalue weighted by atomic mass is 16.2. The minimum Gasteiger partial charge on any atom is -0.369 e. The normalized spacial score (nSPS) is 17.6. The number of amides is 2. The van der Waals surface area contributed by atoms with E-state index in [0.29, 0.717) is 11.3 Å². The quantitative estimate of drug-likeness (QED) is 0.730. The molecule has 0 aromatic heterocycles. The van der Waals surface area contributed by atoms with Crippen molar-refractivity contribution in [2.45, 2.75) is 31.7 Å². The van der Waals surface area contributed by atoms with Crippen LogP contribution in [0.25, 0.3) is 0 Å². The molecule has 0 radical (unpaired) electrons. The minimum atomic E-state index is -0.861. The number of nitrogens with two attached hydrogens (primary N) is 2. The Morgan fingerprint density at radius 2 is 2.00 bits per heavy atom. The van der Waals surface area contributed by atoms with E-state index in [4.69, 9.17) is 11.5 Å². The molecule has 1 fully saturated rings. The van der Waals surface area contributed by atoms with E-state index in [-0.39, 0.29) is 18.2 Å². The van der Waals surface area contributed by atoms with E-state index in [1.165, 1.54) is 0 Å². The summed E-state index contributed by atoms with van der Waals surface area (Å²) in [5.74, 6) is -0.401. The van der Waals surface area contributed by atoms with Crippen molar-refractivity contribution in [3.8, 4) is 0 Å². The topological polar surface area (TPSA) is 98.2 Å². The maximum Gasteiger partial charge on any atom is 0.244 e. The SMILES string of the molecule is CC(N)(C(=O)Nc1ccccc1CC(N)=O)C1CC1. The van der Waals surface area contributed by atoms with Gasteiger partial charge in [-0.15, -0.1) is 0 Å². The molecule has 1 atom stereocenters. The number of primary amides is 1. The van der Waals surface area contributed by atoms with Gasteiger partial charge in [0.2, 0.25) is 11.8 Å². The average molecular weight is 261 g/mol. The van der Waals surface area contributed by atoms with E-state index in [2.05, 4.69) is 5.32 Å². The molecular weight excluding hydrogens is 242 g/mol. The smallest absolute Gasteiger partial charge is 0.244 e. The number of anilines is 1. The Kier molecular flexibility index (Phi) is 3.57. The van der Waals surface area contributed by atoms with Crippen LogP contribution in [0.3, 0.4) is 0 Å². The van der Waals surface area contributed by atoms with Gasteiger partial charge in [-0.25, -0.2) is 0 Å². The summed E-state index contributed by atoms with van der Waals surface area (Å²) in [5, 5.41) is 2.81. The van der Waals surface area contributed by atoms with Gasteiger partial charge >= 0.3 is 0 Å². The maximum atomic E-state index is 12.2. The first-order valence-corrected chi connectivity index (χ1v) is 6.38. The van der Waals surface area contributed by atoms with Crippen LogP contribution in [0, 0.1) is 5.92 Å². The first kappa shape index (κ1) is 13.5. The fourth-order valence-corrected chi connectivity index (χ4v) is 2.11. The van der Waals surface area contributed by atoms with Gasteiger partial charge in [0, 0.05) is 5.69 Å². The van der Waals surface area contributed by atoms with Crippen molar-refractivity contribution in [2.24, 2.45) is 17.4 Å². The van der Waals surface area contributed by atoms with Crippen LogP contribution in [0.4, 0.5) is 5.69 Å². The van der Waals surface area contributed by atoms with Gasteiger partial charge in [-0.3, -0.25) is 9.59 Å². The van der Waals surface area contributed by atoms with Crippen LogP contribution in [-0.2, 0) is 16.0 Å². The molecule has 19 heavy (non-hydrogen) atoms. The third-order valence-corrected chi connectivity index (χ3v) is 3.54. The Balaban J connectivity index is 2.14. The van der Waals surface area contributed by atoms with E-state index >= 15 is 0 Å². The van der Waals surface area contributed by atoms with E-state index in [9.17, 15) is 9.59 Å². The fraction of sp³-hybridized carbons (Fsp3) is 0.429. The summed E-state index contributed by atoms with van der Waals surface area (Å²) in [7, 11) is 0. The van der Waals surface area contributed by atoms with E-state index in [1.54, 1.807) is 31.2 Å². The minimum absolute atomic E-state index is 0.0984. The zero-order chi connectivity index (χ0) is 14.0. The maximum absolute atomic E-state index is 12.2. The number of carbonyl (C=O) groups excluding carboxylic acids is 2. The van der Waals surface area contributed by atoms with Crippen molar-refractivity contribution in [2.75, 3.05) is 5.32 Å². The highest BCUT2D eigenvalue weighted by Gasteiger charge is 2.44. The molecule has 1 unspecified atom stereocenters. The number of carbonyl (C=O) groups is 2. The summed E-state index contributed by atoms with van der Waals surface area (Å²) >= 11 is 0. The van der Waals surface area contributed by atoms with Gasteiger partial charge in [-0.1, -0.05) is 18.2 Å². The Bertz CT molecular complexity index is 507. The van der Waals surface area contributed by atoms with Gasteiger partial charge < -0.3 is 16.8 Å². The van der Waals surface area contributed by atoms with Crippen molar-refractivity contribution in [3.05, 3.63) is 29.8 Å². The highest BCUT2D eigenvalue weighted by Crippen LogP contribution is 2.38. The van der Waals surface area contributed by atoms with Crippen LogP contribution in [0.15, 0.2) is 24.3 Å². The number of hydrogen-bond acceptors (Lipinski definition) is 3. The molecule has 0 bridgehead atoms. The summed E-state index contributed by atoms with van der Waals surface area (Å²) in [6.45, 7) is 1.75. The zero-order valence-electron chi connectivity index (χ0n) is 11.0. The Hall–Kier alpha value is -1.88. The molecule has 5 N–H and O–H groups in total. The second-order valence-electron chi connectivity index (χ2n) is 5.31. The van der Waals surface area contributed by atoms with Crippen LogP contribution in [-0.4, -0.2) is 17.4 Å². The molecule has 2 amide bonds. The number of hydrogen-bond donors (Lipinski definition) is 3. The van der Waals surface area contributed by atoms with Crippen molar-refractivity contribution in [3.63, 3.8) is 0 Å². The first-order chi connectivity index (χ1) is 8.91. The lowest BCUT2D eigenvalue weighted by atomic mass is 9.96. The molecule has 1 saturated carbocycles. The van der Waals surface area contributed by atoms with Crippen molar-refractivity contribution in [1.82, 2.24) is 0 Å². The van der Waals surface area contributed by atoms with Gasteiger partial charge in [0.25, 0.3) is 0 Å². The molecule has 1 aromatic carbocycles. The summed E-state index contributed by atoms with van der Waals surface area (Å²) in [4.78, 5) is 23.2. The van der Waals surface area contributed by atoms with Crippen LogP contribution in [0.2, 0.25) is 0 Å². The monoisotopic (exact) mass is 261 g/mol. The van der Waals surface area contributed by atoms with E-state index in [1.807, 2.05) is 0 Å². The second kappa shape index (κ2) is 5.01. The molecule has 1 aromatic rings. The molecular formula is C14H19N3O2. The van der Waals surface area contributed by atoms with E-state index in [0.717, 1.165) is 12.8 Å². The number of rotatable bonds is 5. The van der Waals surface area contributed by atoms with Crippen LogP contribution in [0.5, 0.6) is 0 Å². The van der Waals surface area contributed by atoms with Crippen molar-refractivity contribution in [1.29, 1.82) is 0 Å². The van der Waals surface area contributed by atoms with Crippen LogP contribution >= 0.6 is 0 Å².